The normalized spacial score (nSPS) is 17.0. The van der Waals surface area contributed by atoms with E-state index in [9.17, 15) is 13.2 Å². The number of amides is 1. The Kier molecular flexibility index (Phi) is 6.75. The molecule has 0 radical (unpaired) electrons. The summed E-state index contributed by atoms with van der Waals surface area (Å²) in [5.41, 5.74) is 0.743. The first-order chi connectivity index (χ1) is 15.9. The largest absolute Gasteiger partial charge is 0.497 e. The average molecular weight is 471 g/mol. The molecule has 1 fully saturated rings. The van der Waals surface area contributed by atoms with Gasteiger partial charge in [0, 0.05) is 25.7 Å². The van der Waals surface area contributed by atoms with Crippen LogP contribution in [0.4, 0.5) is 0 Å². The van der Waals surface area contributed by atoms with Crippen molar-refractivity contribution in [3.05, 3.63) is 60.5 Å². The van der Waals surface area contributed by atoms with Gasteiger partial charge in [0.15, 0.2) is 0 Å². The van der Waals surface area contributed by atoms with E-state index in [4.69, 9.17) is 9.26 Å². The van der Waals surface area contributed by atoms with Crippen molar-refractivity contribution in [3.8, 4) is 17.1 Å². The van der Waals surface area contributed by atoms with Gasteiger partial charge in [0.1, 0.15) is 5.75 Å². The molecule has 9 nitrogen and oxygen atoms in total. The van der Waals surface area contributed by atoms with E-state index in [-0.39, 0.29) is 23.9 Å². The standard InChI is InChI=1S/C23H26N4O5S/c1-26(16-21-24-22(25-32-21)17-8-6-10-19(14-17)31-2)23(28)18-9-7-13-27(15-18)33(29,30)20-11-4-3-5-12-20/h3-6,8,10-12,14,18H,7,9,13,15-16H2,1-2H3/t18-/m1/s1. The molecule has 2 aromatic carbocycles. The molecule has 0 bridgehead atoms. The van der Waals surface area contributed by atoms with Gasteiger partial charge in [-0.1, -0.05) is 35.5 Å². The second-order valence-electron chi connectivity index (χ2n) is 7.95. The summed E-state index contributed by atoms with van der Waals surface area (Å²) >= 11 is 0. The number of methoxy groups -OCH3 is 1. The van der Waals surface area contributed by atoms with E-state index in [2.05, 4.69) is 10.1 Å². The zero-order valence-corrected chi connectivity index (χ0v) is 19.4. The van der Waals surface area contributed by atoms with Crippen molar-refractivity contribution in [1.29, 1.82) is 0 Å². The van der Waals surface area contributed by atoms with Crippen LogP contribution in [0.15, 0.2) is 64.0 Å². The molecule has 1 amide bonds. The molecule has 1 aliphatic rings. The van der Waals surface area contributed by atoms with Gasteiger partial charge in [0.25, 0.3) is 0 Å². The van der Waals surface area contributed by atoms with E-state index >= 15 is 0 Å². The van der Waals surface area contributed by atoms with E-state index in [0.29, 0.717) is 36.9 Å². The van der Waals surface area contributed by atoms with E-state index < -0.39 is 15.9 Å². The molecule has 1 aromatic heterocycles. The maximum absolute atomic E-state index is 13.1. The van der Waals surface area contributed by atoms with Crippen molar-refractivity contribution in [3.63, 3.8) is 0 Å². The molecular formula is C23H26N4O5S. The highest BCUT2D eigenvalue weighted by Gasteiger charge is 2.34. The molecule has 2 heterocycles. The van der Waals surface area contributed by atoms with E-state index in [1.807, 2.05) is 18.2 Å². The zero-order chi connectivity index (χ0) is 23.4. The summed E-state index contributed by atoms with van der Waals surface area (Å²) in [5, 5.41) is 4.00. The van der Waals surface area contributed by atoms with Gasteiger partial charge in [-0.15, -0.1) is 0 Å². The van der Waals surface area contributed by atoms with Gasteiger partial charge in [-0.25, -0.2) is 8.42 Å². The molecule has 0 unspecified atom stereocenters. The fourth-order valence-electron chi connectivity index (χ4n) is 3.89. The Morgan fingerprint density at radius 3 is 2.76 bits per heavy atom. The van der Waals surface area contributed by atoms with Gasteiger partial charge < -0.3 is 14.2 Å². The van der Waals surface area contributed by atoms with Crippen molar-refractivity contribution in [2.45, 2.75) is 24.3 Å². The quantitative estimate of drug-likeness (QED) is 0.523. The summed E-state index contributed by atoms with van der Waals surface area (Å²) in [4.78, 5) is 19.2. The summed E-state index contributed by atoms with van der Waals surface area (Å²) in [6.07, 6.45) is 1.25. The van der Waals surface area contributed by atoms with Gasteiger partial charge in [-0.3, -0.25) is 4.79 Å². The number of carbonyl (C=O) groups is 1. The van der Waals surface area contributed by atoms with Crippen molar-refractivity contribution in [1.82, 2.24) is 19.3 Å². The lowest BCUT2D eigenvalue weighted by Crippen LogP contribution is -2.45. The van der Waals surface area contributed by atoms with Crippen molar-refractivity contribution in [2.75, 3.05) is 27.2 Å². The number of hydrogen-bond acceptors (Lipinski definition) is 7. The van der Waals surface area contributed by atoms with Crippen LogP contribution in [0.3, 0.4) is 0 Å². The number of benzene rings is 2. The van der Waals surface area contributed by atoms with Crippen LogP contribution in [0, 0.1) is 5.92 Å². The predicted octanol–water partition coefficient (Wildman–Crippen LogP) is 2.80. The first kappa shape index (κ1) is 22.9. The minimum atomic E-state index is -3.63. The molecule has 0 saturated carbocycles. The fraction of sp³-hybridized carbons (Fsp3) is 0.348. The van der Waals surface area contributed by atoms with Crippen LogP contribution >= 0.6 is 0 Å². The SMILES string of the molecule is COc1cccc(-c2noc(CN(C)C(=O)[C@@H]3CCCN(S(=O)(=O)c4ccccc4)C3)n2)c1. The van der Waals surface area contributed by atoms with Gasteiger partial charge in [-0.2, -0.15) is 9.29 Å². The highest BCUT2D eigenvalue weighted by atomic mass is 32.2. The fourth-order valence-corrected chi connectivity index (χ4v) is 5.44. The van der Waals surface area contributed by atoms with Crippen LogP contribution in [-0.2, 0) is 21.4 Å². The maximum Gasteiger partial charge on any atom is 0.246 e. The van der Waals surface area contributed by atoms with Crippen molar-refractivity contribution in [2.24, 2.45) is 5.92 Å². The van der Waals surface area contributed by atoms with Crippen LogP contribution in [0.5, 0.6) is 5.75 Å². The monoisotopic (exact) mass is 470 g/mol. The van der Waals surface area contributed by atoms with E-state index in [0.717, 1.165) is 5.56 Å². The van der Waals surface area contributed by atoms with Crippen LogP contribution in [-0.4, -0.2) is 60.9 Å². The van der Waals surface area contributed by atoms with Crippen LogP contribution in [0.25, 0.3) is 11.4 Å². The van der Waals surface area contributed by atoms with Crippen LogP contribution < -0.4 is 4.74 Å². The van der Waals surface area contributed by atoms with Crippen LogP contribution in [0.2, 0.25) is 0 Å². The molecule has 174 valence electrons. The number of piperidine rings is 1. The summed E-state index contributed by atoms with van der Waals surface area (Å²) in [7, 11) is -0.397. The Balaban J connectivity index is 1.41. The number of nitrogens with zero attached hydrogens (tertiary/aromatic N) is 4. The van der Waals surface area contributed by atoms with E-state index in [1.165, 1.54) is 9.21 Å². The third-order valence-electron chi connectivity index (χ3n) is 5.66. The summed E-state index contributed by atoms with van der Waals surface area (Å²) in [5.74, 6) is 0.807. The Hall–Kier alpha value is -3.24. The first-order valence-electron chi connectivity index (χ1n) is 10.7. The molecule has 1 saturated heterocycles. The number of ether oxygens (including phenoxy) is 1. The van der Waals surface area contributed by atoms with Crippen LogP contribution in [0.1, 0.15) is 18.7 Å². The average Bonchev–Trinajstić information content (AvgIpc) is 3.32. The van der Waals surface area contributed by atoms with Gasteiger partial charge in [0.2, 0.25) is 27.6 Å². The minimum absolute atomic E-state index is 0.137. The Morgan fingerprint density at radius 1 is 1.21 bits per heavy atom. The Bertz CT molecular complexity index is 1210. The molecule has 0 spiro atoms. The molecule has 3 aromatic rings. The van der Waals surface area contributed by atoms with Crippen molar-refractivity contribution >= 4 is 15.9 Å². The topological polar surface area (TPSA) is 106 Å². The van der Waals surface area contributed by atoms with Crippen molar-refractivity contribution < 1.29 is 22.5 Å². The molecule has 4 rings (SSSR count). The number of aromatic nitrogens is 2. The Labute approximate surface area is 193 Å². The third kappa shape index (κ3) is 5.07. The number of carbonyl (C=O) groups excluding carboxylic acids is 1. The molecular weight excluding hydrogens is 444 g/mol. The molecule has 1 aliphatic heterocycles. The number of rotatable bonds is 7. The summed E-state index contributed by atoms with van der Waals surface area (Å²) in [6.45, 7) is 0.690. The van der Waals surface area contributed by atoms with Gasteiger partial charge in [0.05, 0.1) is 24.5 Å². The molecule has 0 N–H and O–H groups in total. The lowest BCUT2D eigenvalue weighted by atomic mass is 9.98. The van der Waals surface area contributed by atoms with E-state index in [1.54, 1.807) is 50.6 Å². The summed E-state index contributed by atoms with van der Waals surface area (Å²) in [6, 6.07) is 15.6. The number of hydrogen-bond donors (Lipinski definition) is 0. The summed E-state index contributed by atoms with van der Waals surface area (Å²) < 4.78 is 37.9. The molecule has 0 aliphatic carbocycles. The van der Waals surface area contributed by atoms with Gasteiger partial charge in [-0.05, 0) is 37.1 Å². The maximum atomic E-state index is 13.1. The zero-order valence-electron chi connectivity index (χ0n) is 18.5. The lowest BCUT2D eigenvalue weighted by molar-refractivity contribution is -0.136. The second-order valence-corrected chi connectivity index (χ2v) is 9.89. The first-order valence-corrected chi connectivity index (χ1v) is 12.1. The van der Waals surface area contributed by atoms with Gasteiger partial charge >= 0.3 is 0 Å². The molecule has 1 atom stereocenters. The molecule has 33 heavy (non-hydrogen) atoms. The predicted molar refractivity (Wildman–Crippen MR) is 121 cm³/mol. The number of sulfonamides is 1. The molecule has 10 heteroatoms. The smallest absolute Gasteiger partial charge is 0.246 e. The lowest BCUT2D eigenvalue weighted by Gasteiger charge is -2.33. The second kappa shape index (κ2) is 9.72. The Morgan fingerprint density at radius 2 is 2.00 bits per heavy atom. The highest BCUT2D eigenvalue weighted by molar-refractivity contribution is 7.89. The minimum Gasteiger partial charge on any atom is -0.497 e. The highest BCUT2D eigenvalue weighted by Crippen LogP contribution is 2.26. The third-order valence-corrected chi connectivity index (χ3v) is 7.54.